The molecule has 0 aliphatic carbocycles. The summed E-state index contributed by atoms with van der Waals surface area (Å²) < 4.78 is 11.5. The number of hydrogen-bond acceptors (Lipinski definition) is 7. The van der Waals surface area contributed by atoms with Gasteiger partial charge < -0.3 is 14.5 Å². The standard InChI is InChI=1S/C20H28ClIN2O6Si/c1-7-29-19(26)15(12-23-8-9-30-31(5,6)20(2,3)4)18(25)14-10-13(22)11-16(17(14)21)24(27)28/h10-12,23H,7-9H2,1-6H3/b15-12-. The molecule has 0 aliphatic heterocycles. The molecule has 0 amide bonds. The monoisotopic (exact) mass is 582 g/mol. The highest BCUT2D eigenvalue weighted by atomic mass is 127. The molecule has 0 radical (unpaired) electrons. The van der Waals surface area contributed by atoms with Crippen LogP contribution >= 0.6 is 34.2 Å². The van der Waals surface area contributed by atoms with E-state index in [9.17, 15) is 19.7 Å². The number of halogens is 2. The van der Waals surface area contributed by atoms with Gasteiger partial charge in [-0.25, -0.2) is 4.79 Å². The molecular weight excluding hydrogens is 555 g/mol. The van der Waals surface area contributed by atoms with Crippen molar-refractivity contribution in [1.29, 1.82) is 0 Å². The normalized spacial score (nSPS) is 12.5. The molecule has 0 atom stereocenters. The van der Waals surface area contributed by atoms with Crippen molar-refractivity contribution in [3.63, 3.8) is 0 Å². The van der Waals surface area contributed by atoms with Crippen molar-refractivity contribution in [1.82, 2.24) is 5.32 Å². The smallest absolute Gasteiger partial charge is 0.343 e. The minimum Gasteiger partial charge on any atom is -0.462 e. The van der Waals surface area contributed by atoms with E-state index in [0.717, 1.165) is 0 Å². The summed E-state index contributed by atoms with van der Waals surface area (Å²) >= 11 is 7.94. The first kappa shape index (κ1) is 27.5. The van der Waals surface area contributed by atoms with E-state index in [1.807, 2.05) is 22.6 Å². The molecule has 0 heterocycles. The number of benzene rings is 1. The van der Waals surface area contributed by atoms with Crippen LogP contribution in [0.25, 0.3) is 0 Å². The van der Waals surface area contributed by atoms with Crippen molar-refractivity contribution in [2.24, 2.45) is 0 Å². The second-order valence-corrected chi connectivity index (χ2v) is 14.6. The highest BCUT2D eigenvalue weighted by Crippen LogP contribution is 2.36. The number of hydrogen-bond donors (Lipinski definition) is 1. The fourth-order valence-corrected chi connectivity index (χ4v) is 4.12. The fraction of sp³-hybridized carbons (Fsp3) is 0.500. The molecule has 0 unspecified atom stereocenters. The van der Waals surface area contributed by atoms with Gasteiger partial charge in [-0.2, -0.15) is 0 Å². The minimum absolute atomic E-state index is 0.0603. The zero-order valence-electron chi connectivity index (χ0n) is 18.5. The summed E-state index contributed by atoms with van der Waals surface area (Å²) in [6.07, 6.45) is 1.25. The molecule has 1 N–H and O–H groups in total. The number of ketones is 1. The molecule has 0 bridgehead atoms. The Hall–Kier alpha value is -1.50. The van der Waals surface area contributed by atoms with E-state index < -0.39 is 30.7 Å². The lowest BCUT2D eigenvalue weighted by molar-refractivity contribution is -0.384. The zero-order valence-corrected chi connectivity index (χ0v) is 22.4. The third-order valence-corrected chi connectivity index (χ3v) is 10.5. The Labute approximate surface area is 202 Å². The van der Waals surface area contributed by atoms with E-state index >= 15 is 0 Å². The number of Topliss-reactive ketones (excluding diaryl/α,β-unsaturated/α-hetero) is 1. The summed E-state index contributed by atoms with van der Waals surface area (Å²) in [5.74, 6) is -1.61. The first-order valence-corrected chi connectivity index (χ1v) is 14.0. The first-order chi connectivity index (χ1) is 14.2. The van der Waals surface area contributed by atoms with E-state index in [2.05, 4.69) is 39.2 Å². The fourth-order valence-electron chi connectivity index (χ4n) is 2.20. The van der Waals surface area contributed by atoms with Gasteiger partial charge in [-0.05, 0) is 53.7 Å². The quantitative estimate of drug-likeness (QED) is 0.0391. The van der Waals surface area contributed by atoms with Gasteiger partial charge in [-0.15, -0.1) is 0 Å². The number of esters is 1. The molecular formula is C20H28ClIN2O6Si. The van der Waals surface area contributed by atoms with Crippen LogP contribution in [0.4, 0.5) is 5.69 Å². The average molecular weight is 583 g/mol. The predicted octanol–water partition coefficient (Wildman–Crippen LogP) is 5.09. The Morgan fingerprint density at radius 2 is 1.94 bits per heavy atom. The Balaban J connectivity index is 3.09. The molecule has 0 fully saturated rings. The Morgan fingerprint density at radius 3 is 2.45 bits per heavy atom. The van der Waals surface area contributed by atoms with Crippen molar-refractivity contribution in [2.75, 3.05) is 19.8 Å². The lowest BCUT2D eigenvalue weighted by Gasteiger charge is -2.36. The van der Waals surface area contributed by atoms with Gasteiger partial charge in [-0.3, -0.25) is 14.9 Å². The van der Waals surface area contributed by atoms with E-state index in [0.29, 0.717) is 16.7 Å². The highest BCUT2D eigenvalue weighted by molar-refractivity contribution is 14.1. The Bertz CT molecular complexity index is 883. The van der Waals surface area contributed by atoms with Gasteiger partial charge >= 0.3 is 5.97 Å². The molecule has 31 heavy (non-hydrogen) atoms. The lowest BCUT2D eigenvalue weighted by atomic mass is 10.0. The molecule has 0 saturated heterocycles. The van der Waals surface area contributed by atoms with Crippen molar-refractivity contribution in [3.8, 4) is 0 Å². The van der Waals surface area contributed by atoms with Crippen LogP contribution in [0.1, 0.15) is 38.1 Å². The number of nitrogens with one attached hydrogen (secondary N) is 1. The third kappa shape index (κ3) is 7.54. The molecule has 8 nitrogen and oxygen atoms in total. The molecule has 1 aromatic rings. The minimum atomic E-state index is -1.92. The van der Waals surface area contributed by atoms with Crippen LogP contribution in [0.2, 0.25) is 23.2 Å². The summed E-state index contributed by atoms with van der Waals surface area (Å²) in [5.41, 5.74) is -0.845. The van der Waals surface area contributed by atoms with Crippen LogP contribution < -0.4 is 5.32 Å². The largest absolute Gasteiger partial charge is 0.462 e. The van der Waals surface area contributed by atoms with E-state index in [-0.39, 0.29) is 27.8 Å². The van der Waals surface area contributed by atoms with Crippen LogP contribution in [0, 0.1) is 13.7 Å². The van der Waals surface area contributed by atoms with Gasteiger partial charge in [0, 0.05) is 27.9 Å². The van der Waals surface area contributed by atoms with Gasteiger partial charge in [0.1, 0.15) is 10.6 Å². The molecule has 0 spiro atoms. The Morgan fingerprint density at radius 1 is 1.32 bits per heavy atom. The number of carbonyl (C=O) groups excluding carboxylic acids is 2. The number of rotatable bonds is 10. The van der Waals surface area contributed by atoms with Crippen molar-refractivity contribution in [3.05, 3.63) is 48.2 Å². The van der Waals surface area contributed by atoms with Gasteiger partial charge in [0.05, 0.1) is 18.1 Å². The summed E-state index contributed by atoms with van der Waals surface area (Å²) in [7, 11) is -1.92. The first-order valence-electron chi connectivity index (χ1n) is 9.65. The van der Waals surface area contributed by atoms with Crippen LogP contribution in [0.15, 0.2) is 23.9 Å². The summed E-state index contributed by atoms with van der Waals surface area (Å²) in [5, 5.41) is 13.9. The van der Waals surface area contributed by atoms with Crippen molar-refractivity contribution < 1.29 is 23.7 Å². The van der Waals surface area contributed by atoms with Gasteiger partial charge in [0.15, 0.2) is 8.32 Å². The van der Waals surface area contributed by atoms with Gasteiger partial charge in [-0.1, -0.05) is 32.4 Å². The highest BCUT2D eigenvalue weighted by Gasteiger charge is 2.36. The summed E-state index contributed by atoms with van der Waals surface area (Å²) in [6, 6.07) is 2.65. The van der Waals surface area contributed by atoms with Gasteiger partial charge in [0.25, 0.3) is 5.69 Å². The van der Waals surface area contributed by atoms with E-state index in [4.69, 9.17) is 20.8 Å². The maximum Gasteiger partial charge on any atom is 0.343 e. The van der Waals surface area contributed by atoms with Crippen LogP contribution in [0.5, 0.6) is 0 Å². The number of nitro benzene ring substituents is 1. The zero-order chi connectivity index (χ0) is 24.0. The molecule has 0 saturated carbocycles. The van der Waals surface area contributed by atoms with Gasteiger partial charge in [0.2, 0.25) is 5.78 Å². The van der Waals surface area contributed by atoms with Crippen molar-refractivity contribution in [2.45, 2.75) is 45.8 Å². The third-order valence-electron chi connectivity index (χ3n) is 4.96. The molecule has 0 aliphatic rings. The SMILES string of the molecule is CCOC(=O)/C(=C\NCCO[Si](C)(C)C(C)(C)C)C(=O)c1cc(I)cc([N+](=O)[O-])c1Cl. The predicted molar refractivity (Wildman–Crippen MR) is 131 cm³/mol. The average Bonchev–Trinajstić information content (AvgIpc) is 2.64. The lowest BCUT2D eigenvalue weighted by Crippen LogP contribution is -2.42. The number of nitrogens with zero attached hydrogens (tertiary/aromatic N) is 1. The summed E-state index contributed by atoms with van der Waals surface area (Å²) in [4.78, 5) is 35.9. The Kier molecular flexibility index (Phi) is 10.1. The number of ether oxygens (including phenoxy) is 1. The maximum absolute atomic E-state index is 13.0. The molecule has 11 heteroatoms. The number of carbonyl (C=O) groups is 2. The van der Waals surface area contributed by atoms with Crippen LogP contribution in [0.3, 0.4) is 0 Å². The second-order valence-electron chi connectivity index (χ2n) is 8.21. The summed E-state index contributed by atoms with van der Waals surface area (Å²) in [6.45, 7) is 13.1. The van der Waals surface area contributed by atoms with E-state index in [1.54, 1.807) is 6.92 Å². The second kappa shape index (κ2) is 11.4. The van der Waals surface area contributed by atoms with Crippen LogP contribution in [-0.4, -0.2) is 44.8 Å². The topological polar surface area (TPSA) is 108 Å². The maximum atomic E-state index is 13.0. The van der Waals surface area contributed by atoms with Crippen LogP contribution in [-0.2, 0) is 14.0 Å². The molecule has 172 valence electrons. The molecule has 0 aromatic heterocycles. The molecule has 1 aromatic carbocycles. The van der Waals surface area contributed by atoms with Crippen molar-refractivity contribution >= 4 is 59.9 Å². The van der Waals surface area contributed by atoms with E-state index in [1.165, 1.54) is 18.3 Å². The number of nitro groups is 1. The molecule has 1 rings (SSSR count).